The van der Waals surface area contributed by atoms with Crippen molar-refractivity contribution in [1.29, 1.82) is 0 Å². The summed E-state index contributed by atoms with van der Waals surface area (Å²) in [5, 5.41) is 7.01. The highest BCUT2D eigenvalue weighted by atomic mass is 35.5. The Morgan fingerprint density at radius 2 is 1.73 bits per heavy atom. The van der Waals surface area contributed by atoms with Crippen molar-refractivity contribution in [1.82, 2.24) is 9.78 Å². The molecule has 262 valence electrons. The second kappa shape index (κ2) is 13.1. The molecule has 51 heavy (non-hydrogen) atoms. The first-order valence-corrected chi connectivity index (χ1v) is 15.9. The van der Waals surface area contributed by atoms with Gasteiger partial charge in [-0.3, -0.25) is 14.4 Å². The Kier molecular flexibility index (Phi) is 8.73. The number of aromatic nitrogens is 2. The molecule has 1 atom stereocenters. The number of alkyl halides is 3. The number of hydrogen-bond donors (Lipinski definition) is 2. The maximum absolute atomic E-state index is 14.5. The highest BCUT2D eigenvalue weighted by Gasteiger charge is 2.41. The molecule has 0 aliphatic carbocycles. The number of anilines is 2. The number of benzene rings is 4. The van der Waals surface area contributed by atoms with Crippen LogP contribution in [0.2, 0.25) is 5.02 Å². The summed E-state index contributed by atoms with van der Waals surface area (Å²) in [6, 6.07) is 12.0. The van der Waals surface area contributed by atoms with Gasteiger partial charge in [0.25, 0.3) is 17.7 Å². The van der Waals surface area contributed by atoms with E-state index in [2.05, 4.69) is 5.32 Å². The molecule has 5 aromatic rings. The Morgan fingerprint density at radius 3 is 2.37 bits per heavy atom. The molecule has 3 heterocycles. The molecule has 3 amide bonds. The summed E-state index contributed by atoms with van der Waals surface area (Å²) in [4.78, 5) is 42.1. The number of carbonyl (C=O) groups excluding carboxylic acids is 3. The van der Waals surface area contributed by atoms with Gasteiger partial charge in [0.15, 0.2) is 17.8 Å². The third-order valence-electron chi connectivity index (χ3n) is 8.48. The summed E-state index contributed by atoms with van der Waals surface area (Å²) in [5.74, 6) is -5.60. The van der Waals surface area contributed by atoms with E-state index < -0.39 is 52.9 Å². The molecule has 1 fully saturated rings. The minimum Gasteiger partial charge on any atom is -0.453 e. The molecular weight excluding hydrogens is 701 g/mol. The molecule has 0 spiro atoms. The monoisotopic (exact) mass is 725 g/mol. The first kappa shape index (κ1) is 34.1. The number of ether oxygens (including phenoxy) is 2. The Hall–Kier alpha value is -5.38. The number of amides is 3. The van der Waals surface area contributed by atoms with Crippen molar-refractivity contribution in [2.45, 2.75) is 38.2 Å². The van der Waals surface area contributed by atoms with Gasteiger partial charge in [0, 0.05) is 24.8 Å². The maximum atomic E-state index is 14.5. The third-order valence-corrected chi connectivity index (χ3v) is 8.79. The fourth-order valence-corrected chi connectivity index (χ4v) is 6.30. The van der Waals surface area contributed by atoms with E-state index in [1.54, 1.807) is 12.1 Å². The van der Waals surface area contributed by atoms with Gasteiger partial charge < -0.3 is 20.5 Å². The molecular formula is C35H25ClF5N5O5. The number of fused-ring (bicyclic) bond motifs is 2. The van der Waals surface area contributed by atoms with E-state index in [1.807, 2.05) is 0 Å². The van der Waals surface area contributed by atoms with Crippen LogP contribution in [0.4, 0.5) is 33.5 Å². The molecule has 3 N–H and O–H groups in total. The average molecular weight is 726 g/mol. The van der Waals surface area contributed by atoms with Gasteiger partial charge in [0.05, 0.1) is 38.3 Å². The molecule has 4 aromatic carbocycles. The molecule has 10 nitrogen and oxygen atoms in total. The molecule has 1 saturated heterocycles. The van der Waals surface area contributed by atoms with Crippen molar-refractivity contribution in [2.24, 2.45) is 5.73 Å². The largest absolute Gasteiger partial charge is 0.453 e. The molecule has 0 bridgehead atoms. The number of hydrogen-bond acceptors (Lipinski definition) is 7. The van der Waals surface area contributed by atoms with E-state index >= 15 is 0 Å². The lowest BCUT2D eigenvalue weighted by molar-refractivity contribution is -0.137. The Balaban J connectivity index is 1.50. The summed E-state index contributed by atoms with van der Waals surface area (Å²) in [5.41, 5.74) is 4.53. The summed E-state index contributed by atoms with van der Waals surface area (Å²) in [6.07, 6.45) is -3.68. The molecule has 2 aliphatic heterocycles. The van der Waals surface area contributed by atoms with Crippen LogP contribution in [0.15, 0.2) is 66.7 Å². The zero-order valence-electron chi connectivity index (χ0n) is 26.2. The van der Waals surface area contributed by atoms with Gasteiger partial charge >= 0.3 is 6.18 Å². The van der Waals surface area contributed by atoms with Crippen LogP contribution >= 0.6 is 11.6 Å². The number of nitrogens with zero attached hydrogens (tertiary/aromatic N) is 3. The zero-order valence-corrected chi connectivity index (χ0v) is 26.9. The summed E-state index contributed by atoms with van der Waals surface area (Å²) >= 11 is 6.38. The highest BCUT2D eigenvalue weighted by molar-refractivity contribution is 6.36. The van der Waals surface area contributed by atoms with E-state index in [4.69, 9.17) is 31.9 Å². The number of nitrogens with two attached hydrogens (primary N) is 1. The van der Waals surface area contributed by atoms with E-state index in [9.17, 15) is 36.3 Å². The molecule has 7 rings (SSSR count). The van der Waals surface area contributed by atoms with Gasteiger partial charge in [-0.25, -0.2) is 18.4 Å². The lowest BCUT2D eigenvalue weighted by atomic mass is 10.1. The zero-order chi connectivity index (χ0) is 36.2. The standard InChI is InChI=1S/C35H25ClF5N5O5/c36-24-9-8-20(37)15-26(24)51-30-25(43-32(47)17-11-19(35(39,40)41)14-21(38)12-17)13-18(16-42)29-28(30)31(44-46(29)27-7-3-4-10-50-27)45-33(48)22-5-1-2-6-23(22)34(45)49/h1-2,5-6,8-9,11-15,27H,3-4,7,10,16,42H2,(H,43,47). The topological polar surface area (TPSA) is 129 Å². The predicted molar refractivity (Wildman–Crippen MR) is 175 cm³/mol. The van der Waals surface area contributed by atoms with Crippen LogP contribution in [0.3, 0.4) is 0 Å². The summed E-state index contributed by atoms with van der Waals surface area (Å²) in [7, 11) is 0. The smallest absolute Gasteiger partial charge is 0.416 e. The second-order valence-corrected chi connectivity index (χ2v) is 12.2. The quantitative estimate of drug-likeness (QED) is 0.129. The van der Waals surface area contributed by atoms with Crippen LogP contribution in [-0.4, -0.2) is 34.1 Å². The van der Waals surface area contributed by atoms with Crippen LogP contribution in [0.5, 0.6) is 11.5 Å². The maximum Gasteiger partial charge on any atom is 0.416 e. The normalized spacial score (nSPS) is 16.1. The third kappa shape index (κ3) is 6.17. The van der Waals surface area contributed by atoms with Gasteiger partial charge in [0.2, 0.25) is 0 Å². The molecule has 1 aromatic heterocycles. The Labute approximate surface area is 290 Å². The Morgan fingerprint density at radius 1 is 1.00 bits per heavy atom. The van der Waals surface area contributed by atoms with Crippen LogP contribution in [0.25, 0.3) is 10.9 Å². The van der Waals surface area contributed by atoms with Gasteiger partial charge in [0.1, 0.15) is 17.4 Å². The second-order valence-electron chi connectivity index (χ2n) is 11.8. The number of rotatable bonds is 7. The number of halogens is 6. The van der Waals surface area contributed by atoms with E-state index in [-0.39, 0.29) is 68.2 Å². The van der Waals surface area contributed by atoms with Crippen molar-refractivity contribution < 1.29 is 45.8 Å². The molecule has 0 radical (unpaired) electrons. The molecule has 2 aliphatic rings. The van der Waals surface area contributed by atoms with Gasteiger partial charge in [-0.1, -0.05) is 23.7 Å². The average Bonchev–Trinajstić information content (AvgIpc) is 3.61. The van der Waals surface area contributed by atoms with Crippen molar-refractivity contribution in [2.75, 3.05) is 16.8 Å². The minimum absolute atomic E-state index is 0.0625. The first-order valence-electron chi connectivity index (χ1n) is 15.5. The summed E-state index contributed by atoms with van der Waals surface area (Å²) in [6.45, 7) is 0.148. The fraction of sp³-hybridized carbons (Fsp3) is 0.200. The predicted octanol–water partition coefficient (Wildman–Crippen LogP) is 7.99. The van der Waals surface area contributed by atoms with E-state index in [1.165, 1.54) is 28.9 Å². The van der Waals surface area contributed by atoms with Gasteiger partial charge in [-0.15, -0.1) is 0 Å². The van der Waals surface area contributed by atoms with Crippen molar-refractivity contribution in [3.8, 4) is 11.5 Å². The van der Waals surface area contributed by atoms with Crippen molar-refractivity contribution >= 4 is 51.7 Å². The Bertz CT molecular complexity index is 2220. The SMILES string of the molecule is NCc1cc(NC(=O)c2cc(F)cc(C(F)(F)F)c2)c(Oc2cc(F)ccc2Cl)c2c(N3C(=O)c4ccccc4C3=O)nn(C3CCCCO3)c12. The molecule has 0 saturated carbocycles. The lowest BCUT2D eigenvalue weighted by Gasteiger charge is -2.24. The van der Waals surface area contributed by atoms with Gasteiger partial charge in [-0.2, -0.15) is 18.3 Å². The highest BCUT2D eigenvalue weighted by Crippen LogP contribution is 2.48. The number of imide groups is 1. The first-order chi connectivity index (χ1) is 24.3. The van der Waals surface area contributed by atoms with Crippen molar-refractivity contribution in [3.05, 3.63) is 111 Å². The number of nitrogens with one attached hydrogen (secondary N) is 1. The van der Waals surface area contributed by atoms with E-state index in [0.29, 0.717) is 25.2 Å². The fourth-order valence-electron chi connectivity index (χ4n) is 6.14. The van der Waals surface area contributed by atoms with E-state index in [0.717, 1.165) is 29.9 Å². The van der Waals surface area contributed by atoms with Gasteiger partial charge in [-0.05, 0) is 73.4 Å². The minimum atomic E-state index is -4.97. The van der Waals surface area contributed by atoms with Crippen LogP contribution in [0, 0.1) is 11.6 Å². The molecule has 1 unspecified atom stereocenters. The summed E-state index contributed by atoms with van der Waals surface area (Å²) < 4.78 is 83.2. The molecule has 16 heteroatoms. The lowest BCUT2D eigenvalue weighted by Crippen LogP contribution is -2.30. The van der Waals surface area contributed by atoms with Crippen LogP contribution < -0.4 is 20.7 Å². The van der Waals surface area contributed by atoms with Crippen molar-refractivity contribution in [3.63, 3.8) is 0 Å². The van der Waals surface area contributed by atoms with Crippen LogP contribution in [0.1, 0.15) is 67.7 Å². The van der Waals surface area contributed by atoms with Crippen LogP contribution in [-0.2, 0) is 17.5 Å². The number of carbonyl (C=O) groups is 3.